The van der Waals surface area contributed by atoms with Crippen molar-refractivity contribution in [2.45, 2.75) is 46.5 Å². The Bertz CT molecular complexity index is 1340. The van der Waals surface area contributed by atoms with Crippen LogP contribution in [0.25, 0.3) is 11.3 Å². The number of hydrogen-bond acceptors (Lipinski definition) is 5. The quantitative estimate of drug-likeness (QED) is 0.373. The number of primary amides is 1. The number of nitrogens with two attached hydrogens (primary N) is 1. The molecule has 4 rings (SSSR count). The van der Waals surface area contributed by atoms with Crippen molar-refractivity contribution in [3.05, 3.63) is 76.5 Å². The van der Waals surface area contributed by atoms with Crippen molar-refractivity contribution in [2.24, 2.45) is 5.73 Å². The molecule has 0 atom stereocenters. The summed E-state index contributed by atoms with van der Waals surface area (Å²) in [5, 5.41) is 11.8. The molecule has 0 aliphatic carbocycles. The molecular weight excluding hydrogens is 430 g/mol. The van der Waals surface area contributed by atoms with Crippen molar-refractivity contribution < 1.29 is 9.59 Å². The van der Waals surface area contributed by atoms with Gasteiger partial charge in [0.05, 0.1) is 17.6 Å². The number of carbonyl (C=O) groups is 2. The van der Waals surface area contributed by atoms with Gasteiger partial charge in [0.15, 0.2) is 5.65 Å². The van der Waals surface area contributed by atoms with Gasteiger partial charge in [-0.3, -0.25) is 9.59 Å². The first-order valence-electron chi connectivity index (χ1n) is 11.4. The van der Waals surface area contributed by atoms with E-state index in [-0.39, 0.29) is 5.91 Å². The molecule has 1 aromatic carbocycles. The highest BCUT2D eigenvalue weighted by molar-refractivity contribution is 5.98. The van der Waals surface area contributed by atoms with E-state index < -0.39 is 5.91 Å². The largest absolute Gasteiger partial charge is 0.365 e. The summed E-state index contributed by atoms with van der Waals surface area (Å²) >= 11 is 0. The van der Waals surface area contributed by atoms with E-state index in [1.807, 2.05) is 55.8 Å². The van der Waals surface area contributed by atoms with E-state index in [0.717, 1.165) is 41.2 Å². The van der Waals surface area contributed by atoms with Gasteiger partial charge in [0, 0.05) is 30.6 Å². The fourth-order valence-corrected chi connectivity index (χ4v) is 4.13. The number of nitrogens with one attached hydrogen (secondary N) is 1. The van der Waals surface area contributed by atoms with Gasteiger partial charge in [-0.05, 0) is 63.3 Å². The van der Waals surface area contributed by atoms with Crippen LogP contribution in [-0.2, 0) is 17.6 Å². The molecular formula is C25H29N7O2. The van der Waals surface area contributed by atoms with Crippen molar-refractivity contribution in [2.75, 3.05) is 6.54 Å². The van der Waals surface area contributed by atoms with Crippen molar-refractivity contribution >= 4 is 17.5 Å². The molecule has 0 bridgehead atoms. The normalized spacial score (nSPS) is 11.1. The number of hydrogen-bond donors (Lipinski definition) is 2. The van der Waals surface area contributed by atoms with Gasteiger partial charge in [0.25, 0.3) is 5.91 Å². The summed E-state index contributed by atoms with van der Waals surface area (Å²) in [5.74, 6) is -0.565. The van der Waals surface area contributed by atoms with Gasteiger partial charge < -0.3 is 11.1 Å². The standard InChI is InChI=1S/C25H29N7O2/c1-16-19(15-31(30-16)20-9-5-4-6-10-20)8-7-13-27-23(33)12-11-21-17(2)29-25-22(24(26)34)14-28-32(25)18(21)3/h4-6,9-10,14-15H,7-8,11-13H2,1-3H3,(H2,26,34)(H,27,33). The molecule has 176 valence electrons. The van der Waals surface area contributed by atoms with E-state index in [1.54, 1.807) is 4.52 Å². The maximum Gasteiger partial charge on any atom is 0.254 e. The molecule has 2 amide bonds. The lowest BCUT2D eigenvalue weighted by Crippen LogP contribution is -2.25. The fraction of sp³-hybridized carbons (Fsp3) is 0.320. The van der Waals surface area contributed by atoms with Gasteiger partial charge in [-0.15, -0.1) is 0 Å². The van der Waals surface area contributed by atoms with Crippen LogP contribution in [0.15, 0.2) is 42.7 Å². The van der Waals surface area contributed by atoms with Gasteiger partial charge >= 0.3 is 0 Å². The Hall–Kier alpha value is -4.01. The second kappa shape index (κ2) is 9.86. The molecule has 0 saturated heterocycles. The first-order chi connectivity index (χ1) is 16.3. The smallest absolute Gasteiger partial charge is 0.254 e. The van der Waals surface area contributed by atoms with Gasteiger partial charge in [-0.2, -0.15) is 10.2 Å². The maximum absolute atomic E-state index is 12.4. The third-order valence-corrected chi connectivity index (χ3v) is 6.04. The highest BCUT2D eigenvalue weighted by Crippen LogP contribution is 2.18. The van der Waals surface area contributed by atoms with Gasteiger partial charge in [0.1, 0.15) is 5.56 Å². The average Bonchev–Trinajstić information content (AvgIpc) is 3.41. The summed E-state index contributed by atoms with van der Waals surface area (Å²) in [4.78, 5) is 28.5. The molecule has 0 unspecified atom stereocenters. The molecule has 0 fully saturated rings. The predicted octanol–water partition coefficient (Wildman–Crippen LogP) is 2.62. The average molecular weight is 460 g/mol. The van der Waals surface area contributed by atoms with Crippen LogP contribution in [0.5, 0.6) is 0 Å². The highest BCUT2D eigenvalue weighted by atomic mass is 16.1. The fourth-order valence-electron chi connectivity index (χ4n) is 4.13. The third-order valence-electron chi connectivity index (χ3n) is 6.04. The molecule has 0 saturated carbocycles. The Balaban J connectivity index is 1.29. The lowest BCUT2D eigenvalue weighted by molar-refractivity contribution is -0.121. The number of rotatable bonds is 9. The predicted molar refractivity (Wildman–Crippen MR) is 129 cm³/mol. The zero-order valence-corrected chi connectivity index (χ0v) is 19.7. The maximum atomic E-state index is 12.4. The monoisotopic (exact) mass is 459 g/mol. The van der Waals surface area contributed by atoms with E-state index in [9.17, 15) is 9.59 Å². The summed E-state index contributed by atoms with van der Waals surface area (Å²) in [6.45, 7) is 6.39. The molecule has 9 nitrogen and oxygen atoms in total. The first-order valence-corrected chi connectivity index (χ1v) is 11.4. The van der Waals surface area contributed by atoms with Gasteiger partial charge in [-0.25, -0.2) is 14.2 Å². The molecule has 0 radical (unpaired) electrons. The van der Waals surface area contributed by atoms with Gasteiger partial charge in [0.2, 0.25) is 5.91 Å². The lowest BCUT2D eigenvalue weighted by atomic mass is 10.1. The van der Waals surface area contributed by atoms with Crippen molar-refractivity contribution in [3.8, 4) is 5.69 Å². The Morgan fingerprint density at radius 3 is 2.56 bits per heavy atom. The summed E-state index contributed by atoms with van der Waals surface area (Å²) in [6, 6.07) is 10.0. The zero-order valence-electron chi connectivity index (χ0n) is 19.7. The van der Waals surface area contributed by atoms with E-state index in [1.165, 1.54) is 11.8 Å². The zero-order chi connectivity index (χ0) is 24.2. The third kappa shape index (κ3) is 4.83. The minimum atomic E-state index is -0.559. The topological polar surface area (TPSA) is 120 Å². The summed E-state index contributed by atoms with van der Waals surface area (Å²) in [5.41, 5.74) is 11.9. The number of fused-ring (bicyclic) bond motifs is 1. The molecule has 0 spiro atoms. The van der Waals surface area contributed by atoms with Crippen LogP contribution in [0.3, 0.4) is 0 Å². The van der Waals surface area contributed by atoms with Crippen LogP contribution < -0.4 is 11.1 Å². The number of para-hydroxylation sites is 1. The first kappa shape index (κ1) is 23.2. The van der Waals surface area contributed by atoms with E-state index >= 15 is 0 Å². The van der Waals surface area contributed by atoms with Crippen LogP contribution in [0.1, 0.15) is 51.4 Å². The second-order valence-corrected chi connectivity index (χ2v) is 8.39. The van der Waals surface area contributed by atoms with Crippen LogP contribution in [0.4, 0.5) is 0 Å². The lowest BCUT2D eigenvalue weighted by Gasteiger charge is -2.11. The molecule has 3 aromatic heterocycles. The SMILES string of the molecule is Cc1nn(-c2ccccc2)cc1CCCNC(=O)CCc1c(C)nc2c(C(N)=O)cnn2c1C. The molecule has 34 heavy (non-hydrogen) atoms. The second-order valence-electron chi connectivity index (χ2n) is 8.39. The summed E-state index contributed by atoms with van der Waals surface area (Å²) in [6.07, 6.45) is 6.06. The number of aryl methyl sites for hydroxylation is 4. The minimum Gasteiger partial charge on any atom is -0.365 e. The number of aromatic nitrogens is 5. The molecule has 0 aliphatic rings. The number of nitrogens with zero attached hydrogens (tertiary/aromatic N) is 5. The van der Waals surface area contributed by atoms with Crippen LogP contribution in [0, 0.1) is 20.8 Å². The summed E-state index contributed by atoms with van der Waals surface area (Å²) in [7, 11) is 0. The molecule has 3 heterocycles. The van der Waals surface area contributed by atoms with Crippen LogP contribution >= 0.6 is 0 Å². The van der Waals surface area contributed by atoms with Gasteiger partial charge in [-0.1, -0.05) is 18.2 Å². The Labute approximate surface area is 198 Å². The Morgan fingerprint density at radius 1 is 1.06 bits per heavy atom. The number of amides is 2. The van der Waals surface area contributed by atoms with E-state index in [2.05, 4.69) is 26.7 Å². The highest BCUT2D eigenvalue weighted by Gasteiger charge is 2.17. The Kier molecular flexibility index (Phi) is 6.72. The minimum absolute atomic E-state index is 0.00566. The number of carbonyl (C=O) groups excluding carboxylic acids is 2. The van der Waals surface area contributed by atoms with E-state index in [0.29, 0.717) is 30.6 Å². The molecule has 0 aliphatic heterocycles. The van der Waals surface area contributed by atoms with Crippen molar-refractivity contribution in [1.29, 1.82) is 0 Å². The molecule has 4 aromatic rings. The molecule has 9 heteroatoms. The van der Waals surface area contributed by atoms with E-state index in [4.69, 9.17) is 5.73 Å². The molecule has 3 N–H and O–H groups in total. The van der Waals surface area contributed by atoms with Crippen LogP contribution in [0.2, 0.25) is 0 Å². The number of benzene rings is 1. The van der Waals surface area contributed by atoms with Crippen molar-refractivity contribution in [3.63, 3.8) is 0 Å². The Morgan fingerprint density at radius 2 is 1.82 bits per heavy atom. The summed E-state index contributed by atoms with van der Waals surface area (Å²) < 4.78 is 3.50. The van der Waals surface area contributed by atoms with Crippen molar-refractivity contribution in [1.82, 2.24) is 29.7 Å². The van der Waals surface area contributed by atoms with Crippen LogP contribution in [-0.4, -0.2) is 42.7 Å².